The lowest BCUT2D eigenvalue weighted by Crippen LogP contribution is -1.99. The van der Waals surface area contributed by atoms with E-state index >= 15 is 0 Å². The van der Waals surface area contributed by atoms with Crippen LogP contribution in [0.1, 0.15) is 39.2 Å². The van der Waals surface area contributed by atoms with Crippen molar-refractivity contribution < 1.29 is 4.74 Å². The molecule has 84 valence electrons. The van der Waals surface area contributed by atoms with Gasteiger partial charge in [-0.1, -0.05) is 39.3 Å². The zero-order valence-corrected chi connectivity index (χ0v) is 10.1. The zero-order chi connectivity index (χ0) is 11.1. The Morgan fingerprint density at radius 3 is 2.73 bits per heavy atom. The Morgan fingerprint density at radius 1 is 1.27 bits per heavy atom. The molecule has 0 saturated heterocycles. The molecule has 1 unspecified atom stereocenters. The van der Waals surface area contributed by atoms with Crippen molar-refractivity contribution in [1.29, 1.82) is 0 Å². The predicted molar refractivity (Wildman–Crippen MR) is 65.4 cm³/mol. The van der Waals surface area contributed by atoms with Crippen molar-refractivity contribution in [3.63, 3.8) is 0 Å². The third-order valence-electron chi connectivity index (χ3n) is 2.65. The quantitative estimate of drug-likeness (QED) is 0.682. The van der Waals surface area contributed by atoms with Crippen LogP contribution in [-0.2, 0) is 6.42 Å². The van der Waals surface area contributed by atoms with E-state index in [4.69, 9.17) is 4.74 Å². The van der Waals surface area contributed by atoms with Crippen molar-refractivity contribution in [3.8, 4) is 5.75 Å². The highest BCUT2D eigenvalue weighted by Gasteiger charge is 2.02. The molecule has 15 heavy (non-hydrogen) atoms. The van der Waals surface area contributed by atoms with Gasteiger partial charge in [-0.15, -0.1) is 0 Å². The van der Waals surface area contributed by atoms with Crippen LogP contribution >= 0.6 is 0 Å². The van der Waals surface area contributed by atoms with E-state index in [0.29, 0.717) is 0 Å². The minimum Gasteiger partial charge on any atom is -0.494 e. The summed E-state index contributed by atoms with van der Waals surface area (Å²) in [6.45, 7) is 7.47. The van der Waals surface area contributed by atoms with Crippen LogP contribution in [0.25, 0.3) is 0 Å². The van der Waals surface area contributed by atoms with Crippen LogP contribution in [0.15, 0.2) is 24.3 Å². The maximum atomic E-state index is 5.61. The third-order valence-corrected chi connectivity index (χ3v) is 2.65. The second-order valence-electron chi connectivity index (χ2n) is 4.21. The molecule has 0 aliphatic rings. The Hall–Kier alpha value is -0.980. The van der Waals surface area contributed by atoms with Gasteiger partial charge in [0.15, 0.2) is 0 Å². The standard InChI is InChI=1S/C14H22O/c1-4-9-15-14-8-6-7-13(11-14)10-12(3)5-2/h6-8,11-12H,4-5,9-10H2,1-3H3. The summed E-state index contributed by atoms with van der Waals surface area (Å²) < 4.78 is 5.61. The molecule has 0 fully saturated rings. The summed E-state index contributed by atoms with van der Waals surface area (Å²) in [6, 6.07) is 8.48. The van der Waals surface area contributed by atoms with E-state index < -0.39 is 0 Å². The normalized spacial score (nSPS) is 12.5. The molecule has 0 heterocycles. The maximum Gasteiger partial charge on any atom is 0.119 e. The number of ether oxygens (including phenoxy) is 1. The van der Waals surface area contributed by atoms with E-state index in [2.05, 4.69) is 39.0 Å². The van der Waals surface area contributed by atoms with E-state index in [1.54, 1.807) is 0 Å². The summed E-state index contributed by atoms with van der Waals surface area (Å²) in [5.41, 5.74) is 1.39. The summed E-state index contributed by atoms with van der Waals surface area (Å²) in [4.78, 5) is 0. The van der Waals surface area contributed by atoms with Gasteiger partial charge in [0, 0.05) is 0 Å². The summed E-state index contributed by atoms with van der Waals surface area (Å²) >= 11 is 0. The van der Waals surface area contributed by atoms with E-state index in [1.807, 2.05) is 6.07 Å². The van der Waals surface area contributed by atoms with E-state index in [9.17, 15) is 0 Å². The van der Waals surface area contributed by atoms with Crippen molar-refractivity contribution >= 4 is 0 Å². The Bertz CT molecular complexity index is 280. The van der Waals surface area contributed by atoms with Gasteiger partial charge >= 0.3 is 0 Å². The van der Waals surface area contributed by atoms with E-state index in [1.165, 1.54) is 12.0 Å². The lowest BCUT2D eigenvalue weighted by Gasteiger charge is -2.10. The summed E-state index contributed by atoms with van der Waals surface area (Å²) in [7, 11) is 0. The average Bonchev–Trinajstić information content (AvgIpc) is 2.26. The molecule has 1 atom stereocenters. The molecule has 1 rings (SSSR count). The van der Waals surface area contributed by atoms with Crippen LogP contribution in [-0.4, -0.2) is 6.61 Å². The molecular weight excluding hydrogens is 184 g/mol. The fraction of sp³-hybridized carbons (Fsp3) is 0.571. The minimum atomic E-state index is 0.756. The fourth-order valence-electron chi connectivity index (χ4n) is 1.53. The zero-order valence-electron chi connectivity index (χ0n) is 10.1. The Kier molecular flexibility index (Phi) is 5.23. The van der Waals surface area contributed by atoms with Crippen molar-refractivity contribution in [2.24, 2.45) is 5.92 Å². The first-order chi connectivity index (χ1) is 7.26. The van der Waals surface area contributed by atoms with Crippen LogP contribution < -0.4 is 4.74 Å². The SMILES string of the molecule is CCCOc1cccc(CC(C)CC)c1. The van der Waals surface area contributed by atoms with Crippen molar-refractivity contribution in [2.75, 3.05) is 6.61 Å². The van der Waals surface area contributed by atoms with Crippen LogP contribution in [0, 0.1) is 5.92 Å². The Labute approximate surface area is 93.5 Å². The summed E-state index contributed by atoms with van der Waals surface area (Å²) in [5, 5.41) is 0. The molecule has 0 aromatic heterocycles. The van der Waals surface area contributed by atoms with Gasteiger partial charge in [0.1, 0.15) is 5.75 Å². The topological polar surface area (TPSA) is 9.23 Å². The molecule has 0 aliphatic heterocycles. The van der Waals surface area contributed by atoms with Crippen LogP contribution in [0.2, 0.25) is 0 Å². The monoisotopic (exact) mass is 206 g/mol. The molecule has 0 spiro atoms. The van der Waals surface area contributed by atoms with Gasteiger partial charge in [0.05, 0.1) is 6.61 Å². The molecule has 1 nitrogen and oxygen atoms in total. The second-order valence-corrected chi connectivity index (χ2v) is 4.21. The first-order valence-electron chi connectivity index (χ1n) is 5.98. The van der Waals surface area contributed by atoms with Gasteiger partial charge < -0.3 is 4.74 Å². The molecule has 0 aliphatic carbocycles. The van der Waals surface area contributed by atoms with E-state index in [-0.39, 0.29) is 0 Å². The number of benzene rings is 1. The Balaban J connectivity index is 2.57. The van der Waals surface area contributed by atoms with Gasteiger partial charge in [-0.2, -0.15) is 0 Å². The third kappa shape index (κ3) is 4.37. The number of rotatable bonds is 6. The van der Waals surface area contributed by atoms with Crippen molar-refractivity contribution in [2.45, 2.75) is 40.0 Å². The van der Waals surface area contributed by atoms with Crippen LogP contribution in [0.4, 0.5) is 0 Å². The minimum absolute atomic E-state index is 0.756. The second kappa shape index (κ2) is 6.49. The predicted octanol–water partition coefficient (Wildman–Crippen LogP) is 4.06. The van der Waals surface area contributed by atoms with Crippen LogP contribution in [0.3, 0.4) is 0 Å². The fourth-order valence-corrected chi connectivity index (χ4v) is 1.53. The van der Waals surface area contributed by atoms with Crippen molar-refractivity contribution in [1.82, 2.24) is 0 Å². The highest BCUT2D eigenvalue weighted by molar-refractivity contribution is 5.28. The van der Waals surface area contributed by atoms with Gasteiger partial charge in [0.25, 0.3) is 0 Å². The maximum absolute atomic E-state index is 5.61. The molecule has 0 saturated carbocycles. The largest absolute Gasteiger partial charge is 0.494 e. The first-order valence-corrected chi connectivity index (χ1v) is 5.98. The molecule has 1 heteroatoms. The van der Waals surface area contributed by atoms with Gasteiger partial charge in [-0.05, 0) is 36.5 Å². The highest BCUT2D eigenvalue weighted by atomic mass is 16.5. The molecular formula is C14H22O. The van der Waals surface area contributed by atoms with Crippen molar-refractivity contribution in [3.05, 3.63) is 29.8 Å². The first kappa shape index (κ1) is 12.1. The molecule has 1 aromatic carbocycles. The smallest absolute Gasteiger partial charge is 0.119 e. The van der Waals surface area contributed by atoms with Gasteiger partial charge in [-0.25, -0.2) is 0 Å². The molecule has 0 N–H and O–H groups in total. The number of hydrogen-bond acceptors (Lipinski definition) is 1. The molecule has 0 amide bonds. The van der Waals surface area contributed by atoms with Gasteiger partial charge in [0.2, 0.25) is 0 Å². The molecule has 1 aromatic rings. The highest BCUT2D eigenvalue weighted by Crippen LogP contribution is 2.17. The Morgan fingerprint density at radius 2 is 2.07 bits per heavy atom. The lowest BCUT2D eigenvalue weighted by atomic mass is 9.99. The van der Waals surface area contributed by atoms with E-state index in [0.717, 1.165) is 31.1 Å². The lowest BCUT2D eigenvalue weighted by molar-refractivity contribution is 0.317. The van der Waals surface area contributed by atoms with Gasteiger partial charge in [-0.3, -0.25) is 0 Å². The average molecular weight is 206 g/mol. The summed E-state index contributed by atoms with van der Waals surface area (Å²) in [6.07, 6.45) is 3.45. The number of hydrogen-bond donors (Lipinski definition) is 0. The molecule has 0 radical (unpaired) electrons. The summed E-state index contributed by atoms with van der Waals surface area (Å²) in [5.74, 6) is 1.77. The molecule has 0 bridgehead atoms. The van der Waals surface area contributed by atoms with Crippen LogP contribution in [0.5, 0.6) is 5.75 Å².